The topological polar surface area (TPSA) is 17.3 Å². The molecule has 0 saturated heterocycles. The van der Waals surface area contributed by atoms with Crippen LogP contribution in [0.5, 0.6) is 0 Å². The fourth-order valence-corrected chi connectivity index (χ4v) is 3.64. The van der Waals surface area contributed by atoms with E-state index < -0.39 is 0 Å². The lowest BCUT2D eigenvalue weighted by Gasteiger charge is -2.09. The van der Waals surface area contributed by atoms with Crippen molar-refractivity contribution in [2.45, 2.75) is 4.90 Å². The number of aromatic nitrogens is 2. The van der Waals surface area contributed by atoms with Crippen LogP contribution in [0.1, 0.15) is 0 Å². The third-order valence-corrected chi connectivity index (χ3v) is 5.20. The number of hydrogen-bond donors (Lipinski definition) is 1. The number of rotatable bonds is 3. The highest BCUT2D eigenvalue weighted by atomic mass is 32.1. The molecule has 0 saturated carbocycles. The Morgan fingerprint density at radius 3 is 1.93 bits per heavy atom. The highest BCUT2D eigenvalue weighted by Crippen LogP contribution is 2.32. The Bertz CT molecular complexity index is 1240. The molecule has 0 radical (unpaired) electrons. The van der Waals surface area contributed by atoms with Gasteiger partial charge in [0, 0.05) is 28.4 Å². The second-order valence-corrected chi connectivity index (χ2v) is 7.29. The van der Waals surface area contributed by atoms with Crippen molar-refractivity contribution in [1.29, 1.82) is 0 Å². The molecule has 5 aromatic rings. The first kappa shape index (κ1) is 16.8. The summed E-state index contributed by atoms with van der Waals surface area (Å²) in [6.45, 7) is 0. The second-order valence-electron chi connectivity index (χ2n) is 6.78. The SMILES string of the molecule is Sc1ccc(-c2cc(-c3ccccc3)c3nc(-c4ccccc4)cn3c2)cc1. The molecule has 0 atom stereocenters. The molecule has 134 valence electrons. The summed E-state index contributed by atoms with van der Waals surface area (Å²) < 4.78 is 2.13. The molecule has 28 heavy (non-hydrogen) atoms. The molecule has 2 aromatic heterocycles. The van der Waals surface area contributed by atoms with Gasteiger partial charge in [0.1, 0.15) is 5.65 Å². The predicted molar refractivity (Wildman–Crippen MR) is 119 cm³/mol. The van der Waals surface area contributed by atoms with E-state index >= 15 is 0 Å². The van der Waals surface area contributed by atoms with Crippen molar-refractivity contribution in [2.24, 2.45) is 0 Å². The normalized spacial score (nSPS) is 11.0. The number of benzene rings is 3. The minimum Gasteiger partial charge on any atom is -0.305 e. The van der Waals surface area contributed by atoms with Crippen LogP contribution < -0.4 is 0 Å². The summed E-state index contributed by atoms with van der Waals surface area (Å²) in [6, 6.07) is 31.2. The van der Waals surface area contributed by atoms with Crippen molar-refractivity contribution in [3.63, 3.8) is 0 Å². The van der Waals surface area contributed by atoms with Gasteiger partial charge in [0.05, 0.1) is 5.69 Å². The maximum atomic E-state index is 4.96. The number of thiol groups is 1. The molecule has 0 N–H and O–H groups in total. The molecule has 3 aromatic carbocycles. The lowest BCUT2D eigenvalue weighted by Crippen LogP contribution is -1.91. The van der Waals surface area contributed by atoms with Gasteiger partial charge in [0.15, 0.2) is 0 Å². The summed E-state index contributed by atoms with van der Waals surface area (Å²) in [5.41, 5.74) is 7.63. The van der Waals surface area contributed by atoms with Crippen LogP contribution in [-0.2, 0) is 0 Å². The lowest BCUT2D eigenvalue weighted by atomic mass is 10.0. The van der Waals surface area contributed by atoms with E-state index in [-0.39, 0.29) is 0 Å². The Morgan fingerprint density at radius 2 is 1.25 bits per heavy atom. The highest BCUT2D eigenvalue weighted by molar-refractivity contribution is 7.80. The fourth-order valence-electron chi connectivity index (χ4n) is 3.49. The van der Waals surface area contributed by atoms with E-state index in [1.807, 2.05) is 36.4 Å². The zero-order valence-electron chi connectivity index (χ0n) is 15.2. The second kappa shape index (κ2) is 7.02. The zero-order chi connectivity index (χ0) is 18.9. The van der Waals surface area contributed by atoms with Crippen LogP contribution in [0.4, 0.5) is 0 Å². The van der Waals surface area contributed by atoms with Gasteiger partial charge in [-0.2, -0.15) is 0 Å². The van der Waals surface area contributed by atoms with Crippen LogP contribution in [0.2, 0.25) is 0 Å². The molecule has 3 heteroatoms. The van der Waals surface area contributed by atoms with E-state index in [0.29, 0.717) is 0 Å². The first-order chi connectivity index (χ1) is 13.8. The Hall–Kier alpha value is -3.30. The number of nitrogens with zero attached hydrogens (tertiary/aromatic N) is 2. The van der Waals surface area contributed by atoms with Gasteiger partial charge in [-0.15, -0.1) is 12.6 Å². The molecule has 0 unspecified atom stereocenters. The maximum Gasteiger partial charge on any atom is 0.145 e. The molecule has 0 spiro atoms. The Labute approximate surface area is 169 Å². The van der Waals surface area contributed by atoms with Crippen molar-refractivity contribution >= 4 is 18.3 Å². The molecule has 0 aliphatic heterocycles. The molecule has 0 aliphatic rings. The van der Waals surface area contributed by atoms with Gasteiger partial charge in [0.2, 0.25) is 0 Å². The molecule has 0 amide bonds. The fraction of sp³-hybridized carbons (Fsp3) is 0. The van der Waals surface area contributed by atoms with E-state index in [1.54, 1.807) is 0 Å². The largest absolute Gasteiger partial charge is 0.305 e. The van der Waals surface area contributed by atoms with Gasteiger partial charge >= 0.3 is 0 Å². The Kier molecular flexibility index (Phi) is 4.22. The smallest absolute Gasteiger partial charge is 0.145 e. The molecular formula is C25H18N2S. The van der Waals surface area contributed by atoms with Crippen molar-refractivity contribution < 1.29 is 0 Å². The predicted octanol–water partition coefficient (Wildman–Crippen LogP) is 6.62. The molecule has 0 fully saturated rings. The first-order valence-electron chi connectivity index (χ1n) is 9.21. The average molecular weight is 379 g/mol. The molecule has 0 aliphatic carbocycles. The summed E-state index contributed by atoms with van der Waals surface area (Å²) in [4.78, 5) is 5.92. The Balaban J connectivity index is 1.76. The van der Waals surface area contributed by atoms with Gasteiger partial charge < -0.3 is 4.40 Å². The van der Waals surface area contributed by atoms with Crippen molar-refractivity contribution in [2.75, 3.05) is 0 Å². The van der Waals surface area contributed by atoms with Crippen LogP contribution in [0.25, 0.3) is 39.2 Å². The third kappa shape index (κ3) is 3.10. The summed E-state index contributed by atoms with van der Waals surface area (Å²) >= 11 is 4.41. The van der Waals surface area contributed by atoms with E-state index in [4.69, 9.17) is 4.98 Å². The van der Waals surface area contributed by atoms with E-state index in [2.05, 4.69) is 84.0 Å². The molecule has 5 rings (SSSR count). The van der Waals surface area contributed by atoms with Crippen molar-refractivity contribution in [1.82, 2.24) is 9.38 Å². The number of hydrogen-bond acceptors (Lipinski definition) is 2. The van der Waals surface area contributed by atoms with Gasteiger partial charge in [0.25, 0.3) is 0 Å². The zero-order valence-corrected chi connectivity index (χ0v) is 16.1. The van der Waals surface area contributed by atoms with E-state index in [9.17, 15) is 0 Å². The number of imidazole rings is 1. The monoisotopic (exact) mass is 378 g/mol. The molecule has 0 bridgehead atoms. The minimum atomic E-state index is 0.958. The van der Waals surface area contributed by atoms with Gasteiger partial charge in [-0.3, -0.25) is 0 Å². The van der Waals surface area contributed by atoms with Crippen molar-refractivity contribution in [3.05, 3.63) is 103 Å². The standard InChI is InChI=1S/C25H18N2S/c28-22-13-11-18(12-14-22)21-15-23(19-7-3-1-4-8-19)25-26-24(17-27(25)16-21)20-9-5-2-6-10-20/h1-17,28H. The summed E-state index contributed by atoms with van der Waals surface area (Å²) in [6.07, 6.45) is 4.25. The average Bonchev–Trinajstić information content (AvgIpc) is 3.19. The summed E-state index contributed by atoms with van der Waals surface area (Å²) in [7, 11) is 0. The van der Waals surface area contributed by atoms with Gasteiger partial charge in [-0.25, -0.2) is 4.98 Å². The summed E-state index contributed by atoms with van der Waals surface area (Å²) in [5.74, 6) is 0. The summed E-state index contributed by atoms with van der Waals surface area (Å²) in [5, 5.41) is 0. The van der Waals surface area contributed by atoms with Crippen LogP contribution in [-0.4, -0.2) is 9.38 Å². The minimum absolute atomic E-state index is 0.958. The van der Waals surface area contributed by atoms with Crippen LogP contribution in [0, 0.1) is 0 Å². The van der Waals surface area contributed by atoms with Crippen LogP contribution in [0.15, 0.2) is 108 Å². The van der Waals surface area contributed by atoms with Crippen LogP contribution >= 0.6 is 12.6 Å². The highest BCUT2D eigenvalue weighted by Gasteiger charge is 2.12. The number of fused-ring (bicyclic) bond motifs is 1. The lowest BCUT2D eigenvalue weighted by molar-refractivity contribution is 1.19. The molecule has 2 nitrogen and oxygen atoms in total. The maximum absolute atomic E-state index is 4.96. The van der Waals surface area contributed by atoms with E-state index in [0.717, 1.165) is 44.1 Å². The molecular weight excluding hydrogens is 360 g/mol. The Morgan fingerprint density at radius 1 is 0.607 bits per heavy atom. The number of pyridine rings is 1. The van der Waals surface area contributed by atoms with E-state index in [1.165, 1.54) is 0 Å². The van der Waals surface area contributed by atoms with Gasteiger partial charge in [-0.05, 0) is 34.9 Å². The van der Waals surface area contributed by atoms with Crippen LogP contribution in [0.3, 0.4) is 0 Å². The third-order valence-electron chi connectivity index (χ3n) is 4.91. The van der Waals surface area contributed by atoms with Gasteiger partial charge in [-0.1, -0.05) is 72.8 Å². The first-order valence-corrected chi connectivity index (χ1v) is 9.66. The van der Waals surface area contributed by atoms with Crippen molar-refractivity contribution in [3.8, 4) is 33.5 Å². The molecule has 2 heterocycles. The quantitative estimate of drug-likeness (QED) is 0.349.